The van der Waals surface area contributed by atoms with Crippen molar-refractivity contribution in [1.29, 1.82) is 0 Å². The molecular formula is C24H21FN2O5S. The van der Waals surface area contributed by atoms with Crippen molar-refractivity contribution in [3.8, 4) is 11.1 Å². The van der Waals surface area contributed by atoms with E-state index in [9.17, 15) is 22.5 Å². The van der Waals surface area contributed by atoms with Gasteiger partial charge in [0, 0.05) is 0 Å². The molecule has 0 aromatic heterocycles. The van der Waals surface area contributed by atoms with Crippen LogP contribution in [-0.2, 0) is 19.6 Å². The van der Waals surface area contributed by atoms with E-state index in [2.05, 4.69) is 0 Å². The Morgan fingerprint density at radius 1 is 1.06 bits per heavy atom. The number of nitrogens with one attached hydrogen (secondary N) is 1. The number of anilines is 1. The van der Waals surface area contributed by atoms with E-state index in [1.807, 2.05) is 6.92 Å². The van der Waals surface area contributed by atoms with Gasteiger partial charge in [-0.05, 0) is 53.9 Å². The van der Waals surface area contributed by atoms with E-state index in [0.717, 1.165) is 15.4 Å². The third-order valence-corrected chi connectivity index (χ3v) is 7.48. The first-order valence-electron chi connectivity index (χ1n) is 10.1. The van der Waals surface area contributed by atoms with Crippen LogP contribution in [-0.4, -0.2) is 33.9 Å². The second kappa shape index (κ2) is 8.67. The van der Waals surface area contributed by atoms with Crippen molar-refractivity contribution in [2.24, 2.45) is 0 Å². The van der Waals surface area contributed by atoms with Gasteiger partial charge in [-0.1, -0.05) is 42.0 Å². The second-order valence-electron chi connectivity index (χ2n) is 7.67. The number of methoxy groups -OCH3 is 1. The molecule has 1 heterocycles. The first-order chi connectivity index (χ1) is 15.8. The summed E-state index contributed by atoms with van der Waals surface area (Å²) in [6.07, 6.45) is 0. The highest BCUT2D eigenvalue weighted by atomic mass is 32.2. The maximum absolute atomic E-state index is 13.3. The lowest BCUT2D eigenvalue weighted by molar-refractivity contribution is -0.126. The quantitative estimate of drug-likeness (QED) is 0.455. The molecular weight excluding hydrogens is 447 g/mol. The van der Waals surface area contributed by atoms with E-state index in [4.69, 9.17) is 4.74 Å². The lowest BCUT2D eigenvalue weighted by Gasteiger charge is -2.20. The molecule has 0 aliphatic carbocycles. The molecule has 1 unspecified atom stereocenters. The van der Waals surface area contributed by atoms with Crippen LogP contribution in [0.3, 0.4) is 0 Å². The van der Waals surface area contributed by atoms with Crippen LogP contribution >= 0.6 is 0 Å². The van der Waals surface area contributed by atoms with E-state index in [1.54, 1.807) is 54.6 Å². The van der Waals surface area contributed by atoms with Gasteiger partial charge < -0.3 is 4.74 Å². The molecule has 0 fully saturated rings. The van der Waals surface area contributed by atoms with E-state index < -0.39 is 27.8 Å². The molecule has 1 aliphatic heterocycles. The van der Waals surface area contributed by atoms with Crippen molar-refractivity contribution in [1.82, 2.24) is 5.54 Å². The predicted octanol–water partition coefficient (Wildman–Crippen LogP) is 3.74. The Hall–Kier alpha value is -3.72. The van der Waals surface area contributed by atoms with Crippen molar-refractivity contribution < 1.29 is 27.2 Å². The molecule has 170 valence electrons. The lowest BCUT2D eigenvalue weighted by atomic mass is 9.93. The third-order valence-electron chi connectivity index (χ3n) is 5.68. The van der Waals surface area contributed by atoms with Gasteiger partial charge in [-0.2, -0.15) is 5.54 Å². The first kappa shape index (κ1) is 22.5. The number of sulfonamides is 1. The minimum absolute atomic E-state index is 0.0699. The third kappa shape index (κ3) is 3.95. The van der Waals surface area contributed by atoms with E-state index >= 15 is 0 Å². The summed E-state index contributed by atoms with van der Waals surface area (Å²) in [5, 5.41) is 0. The number of esters is 1. The summed E-state index contributed by atoms with van der Waals surface area (Å²) >= 11 is 0. The smallest absolute Gasteiger partial charge is 0.338 e. The van der Waals surface area contributed by atoms with Gasteiger partial charge in [0.25, 0.3) is 15.9 Å². The Morgan fingerprint density at radius 3 is 2.42 bits per heavy atom. The Labute approximate surface area is 190 Å². The molecule has 1 amide bonds. The molecule has 7 nitrogen and oxygen atoms in total. The highest BCUT2D eigenvalue weighted by molar-refractivity contribution is 7.92. The molecule has 0 spiro atoms. The van der Waals surface area contributed by atoms with Gasteiger partial charge in [0.15, 0.2) is 0 Å². The topological polar surface area (TPSA) is 92.8 Å². The van der Waals surface area contributed by atoms with Gasteiger partial charge in [0.05, 0.1) is 35.7 Å². The number of fused-ring (bicyclic) bond motifs is 1. The zero-order valence-electron chi connectivity index (χ0n) is 17.9. The number of ether oxygens (including phenoxy) is 1. The Bertz CT molecular complexity index is 1340. The maximum Gasteiger partial charge on any atom is 0.338 e. The number of hydrogen-bond donors (Lipinski definition) is 1. The molecule has 9 heteroatoms. The standard InChI is InChI=1S/C24H21FN2O5S/c1-15-7-10-17(11-8-15)33(30,31)27-14-21(23(28)26-25)20-13-16(9-12-22(20)27)18-5-3-4-6-19(18)24(29)32-2/h3-13,21H,14H2,1-2H3,(H,26,28). The second-order valence-corrected chi connectivity index (χ2v) is 9.53. The number of amides is 1. The normalized spacial score (nSPS) is 15.1. The van der Waals surface area contributed by atoms with Crippen LogP contribution in [0.15, 0.2) is 71.6 Å². The largest absolute Gasteiger partial charge is 0.465 e. The molecule has 0 radical (unpaired) electrons. The number of halogens is 1. The van der Waals surface area contributed by atoms with Gasteiger partial charge in [-0.3, -0.25) is 9.10 Å². The lowest BCUT2D eigenvalue weighted by Crippen LogP contribution is -2.33. The Kier molecular flexibility index (Phi) is 5.90. The predicted molar refractivity (Wildman–Crippen MR) is 121 cm³/mol. The minimum atomic E-state index is -3.99. The van der Waals surface area contributed by atoms with E-state index in [0.29, 0.717) is 22.3 Å². The monoisotopic (exact) mass is 468 g/mol. The number of hydrogen-bond acceptors (Lipinski definition) is 5. The highest BCUT2D eigenvalue weighted by Gasteiger charge is 2.40. The van der Waals surface area contributed by atoms with Crippen molar-refractivity contribution in [3.05, 3.63) is 83.4 Å². The first-order valence-corrected chi connectivity index (χ1v) is 11.5. The zero-order valence-corrected chi connectivity index (χ0v) is 18.7. The number of nitrogens with zero attached hydrogens (tertiary/aromatic N) is 1. The average molecular weight is 469 g/mol. The zero-order chi connectivity index (χ0) is 23.8. The summed E-state index contributed by atoms with van der Waals surface area (Å²) in [5.74, 6) is -2.54. The van der Waals surface area contributed by atoms with Crippen LogP contribution in [0.4, 0.5) is 10.2 Å². The average Bonchev–Trinajstić information content (AvgIpc) is 3.23. The van der Waals surface area contributed by atoms with Gasteiger partial charge in [0.2, 0.25) is 0 Å². The molecule has 1 N–H and O–H groups in total. The number of benzene rings is 3. The molecule has 1 atom stereocenters. The maximum atomic E-state index is 13.3. The molecule has 0 saturated heterocycles. The summed E-state index contributed by atoms with van der Waals surface area (Å²) in [4.78, 5) is 24.6. The van der Waals surface area contributed by atoms with Crippen molar-refractivity contribution in [3.63, 3.8) is 0 Å². The number of aryl methyl sites for hydroxylation is 1. The summed E-state index contributed by atoms with van der Waals surface area (Å²) < 4.78 is 45.8. The fourth-order valence-corrected chi connectivity index (χ4v) is 5.47. The number of rotatable bonds is 5. The summed E-state index contributed by atoms with van der Waals surface area (Å²) in [7, 11) is -2.71. The van der Waals surface area contributed by atoms with E-state index in [1.165, 1.54) is 19.2 Å². The highest BCUT2D eigenvalue weighted by Crippen LogP contribution is 2.42. The molecule has 1 aliphatic rings. The fraction of sp³-hybridized carbons (Fsp3) is 0.167. The Morgan fingerprint density at radius 2 is 1.76 bits per heavy atom. The van der Waals surface area contributed by atoms with Crippen molar-refractivity contribution >= 4 is 27.6 Å². The minimum Gasteiger partial charge on any atom is -0.465 e. The SMILES string of the molecule is COC(=O)c1ccccc1-c1ccc2c(c1)C(C(=O)NF)CN2S(=O)(=O)c1ccc(C)cc1. The van der Waals surface area contributed by atoms with Gasteiger partial charge in [-0.25, -0.2) is 13.2 Å². The summed E-state index contributed by atoms with van der Waals surface area (Å²) in [6.45, 7) is 1.60. The van der Waals surface area contributed by atoms with Crippen molar-refractivity contribution in [2.45, 2.75) is 17.7 Å². The van der Waals surface area contributed by atoms with Crippen LogP contribution in [0.1, 0.15) is 27.4 Å². The van der Waals surface area contributed by atoms with Crippen LogP contribution in [0.25, 0.3) is 11.1 Å². The van der Waals surface area contributed by atoms with Gasteiger partial charge in [-0.15, -0.1) is 4.48 Å². The van der Waals surface area contributed by atoms with Crippen LogP contribution in [0.2, 0.25) is 0 Å². The van der Waals surface area contributed by atoms with Crippen LogP contribution in [0.5, 0.6) is 0 Å². The molecule has 3 aromatic carbocycles. The van der Waals surface area contributed by atoms with Crippen LogP contribution in [0, 0.1) is 6.92 Å². The summed E-state index contributed by atoms with van der Waals surface area (Å²) in [6, 6.07) is 18.0. The Balaban J connectivity index is 1.84. The van der Waals surface area contributed by atoms with Gasteiger partial charge >= 0.3 is 5.97 Å². The molecule has 4 rings (SSSR count). The molecule has 0 bridgehead atoms. The van der Waals surface area contributed by atoms with Crippen LogP contribution < -0.4 is 9.84 Å². The van der Waals surface area contributed by atoms with Gasteiger partial charge in [0.1, 0.15) is 0 Å². The summed E-state index contributed by atoms with van der Waals surface area (Å²) in [5.41, 5.74) is 4.09. The fourth-order valence-electron chi connectivity index (χ4n) is 3.97. The number of carbonyl (C=O) groups excluding carboxylic acids is 2. The molecule has 33 heavy (non-hydrogen) atoms. The van der Waals surface area contributed by atoms with Crippen molar-refractivity contribution in [2.75, 3.05) is 18.0 Å². The number of carbonyl (C=O) groups is 2. The van der Waals surface area contributed by atoms with E-state index in [-0.39, 0.29) is 17.1 Å². The molecule has 0 saturated carbocycles. The molecule has 3 aromatic rings.